The second-order valence-electron chi connectivity index (χ2n) is 5.80. The van der Waals surface area contributed by atoms with Gasteiger partial charge in [0.2, 0.25) is 0 Å². The van der Waals surface area contributed by atoms with Crippen LogP contribution in [0.25, 0.3) is 10.9 Å². The molecule has 3 rings (SSSR count). The molecule has 2 heterocycles. The summed E-state index contributed by atoms with van der Waals surface area (Å²) in [7, 11) is 0. The fourth-order valence-corrected chi connectivity index (χ4v) is 2.74. The van der Waals surface area contributed by atoms with Gasteiger partial charge in [0.1, 0.15) is 0 Å². The van der Waals surface area contributed by atoms with Crippen molar-refractivity contribution in [1.82, 2.24) is 9.88 Å². The van der Waals surface area contributed by atoms with Gasteiger partial charge in [0.15, 0.2) is 0 Å². The van der Waals surface area contributed by atoms with Crippen LogP contribution < -0.4 is 0 Å². The number of rotatable bonds is 2. The smallest absolute Gasteiger partial charge is 0.254 e. The number of carbonyl (C=O) groups is 1. The molecule has 1 saturated heterocycles. The molecular weight excluding hydrogens is 280 g/mol. The standard InChI is InChI=1S/C17H20N2O3/c1-11-3-4-13-7-14(5-6-16(13)18-11)17(21)19-8-15(9-20)22-10-12(19)2/h3-7,12,15,20H,8-10H2,1-2H3. The first kappa shape index (κ1) is 14.9. The fraction of sp³-hybridized carbons (Fsp3) is 0.412. The number of fused-ring (bicyclic) bond motifs is 1. The first-order valence-corrected chi connectivity index (χ1v) is 7.49. The number of aryl methyl sites for hydroxylation is 1. The molecule has 5 nitrogen and oxygen atoms in total. The van der Waals surface area contributed by atoms with E-state index in [1.165, 1.54) is 0 Å². The number of aliphatic hydroxyl groups is 1. The lowest BCUT2D eigenvalue weighted by molar-refractivity contribution is -0.0667. The van der Waals surface area contributed by atoms with Gasteiger partial charge >= 0.3 is 0 Å². The molecule has 1 aromatic heterocycles. The molecule has 1 aromatic carbocycles. The Kier molecular flexibility index (Phi) is 4.09. The van der Waals surface area contributed by atoms with Gasteiger partial charge in [0.05, 0.1) is 30.9 Å². The Balaban J connectivity index is 1.89. The first-order valence-electron chi connectivity index (χ1n) is 7.49. The molecule has 116 valence electrons. The summed E-state index contributed by atoms with van der Waals surface area (Å²) in [5.41, 5.74) is 2.49. The number of aromatic nitrogens is 1. The van der Waals surface area contributed by atoms with Crippen molar-refractivity contribution in [2.75, 3.05) is 19.8 Å². The van der Waals surface area contributed by atoms with Crippen LogP contribution in [0.15, 0.2) is 30.3 Å². The molecule has 1 N–H and O–H groups in total. The quantitative estimate of drug-likeness (QED) is 0.918. The minimum atomic E-state index is -0.301. The molecule has 1 aliphatic rings. The summed E-state index contributed by atoms with van der Waals surface area (Å²) in [6, 6.07) is 9.49. The van der Waals surface area contributed by atoms with Gasteiger partial charge in [0.25, 0.3) is 5.91 Å². The molecule has 0 aliphatic carbocycles. The van der Waals surface area contributed by atoms with Gasteiger partial charge in [-0.2, -0.15) is 0 Å². The van der Waals surface area contributed by atoms with Crippen molar-refractivity contribution < 1.29 is 14.6 Å². The summed E-state index contributed by atoms with van der Waals surface area (Å²) in [4.78, 5) is 19.0. The van der Waals surface area contributed by atoms with E-state index in [1.54, 1.807) is 4.90 Å². The second kappa shape index (κ2) is 6.02. The number of carbonyl (C=O) groups excluding carboxylic acids is 1. The van der Waals surface area contributed by atoms with Crippen LogP contribution in [0, 0.1) is 6.92 Å². The normalized spacial score (nSPS) is 22.0. The number of aliphatic hydroxyl groups excluding tert-OH is 1. The molecule has 2 unspecified atom stereocenters. The minimum Gasteiger partial charge on any atom is -0.394 e. The number of nitrogens with zero attached hydrogens (tertiary/aromatic N) is 2. The zero-order valence-corrected chi connectivity index (χ0v) is 12.8. The largest absolute Gasteiger partial charge is 0.394 e. The molecule has 5 heteroatoms. The molecular formula is C17H20N2O3. The highest BCUT2D eigenvalue weighted by Crippen LogP contribution is 2.19. The van der Waals surface area contributed by atoms with Crippen molar-refractivity contribution in [3.8, 4) is 0 Å². The third-order valence-corrected chi connectivity index (χ3v) is 4.05. The maximum Gasteiger partial charge on any atom is 0.254 e. The molecule has 0 radical (unpaired) electrons. The number of hydrogen-bond donors (Lipinski definition) is 1. The number of hydrogen-bond acceptors (Lipinski definition) is 4. The van der Waals surface area contributed by atoms with Gasteiger partial charge in [-0.1, -0.05) is 6.07 Å². The highest BCUT2D eigenvalue weighted by atomic mass is 16.5. The molecule has 1 aliphatic heterocycles. The summed E-state index contributed by atoms with van der Waals surface area (Å²) >= 11 is 0. The lowest BCUT2D eigenvalue weighted by Crippen LogP contribution is -2.52. The van der Waals surface area contributed by atoms with Crippen molar-refractivity contribution in [2.24, 2.45) is 0 Å². The van der Waals surface area contributed by atoms with Crippen molar-refractivity contribution in [3.05, 3.63) is 41.6 Å². The van der Waals surface area contributed by atoms with E-state index in [9.17, 15) is 9.90 Å². The van der Waals surface area contributed by atoms with E-state index >= 15 is 0 Å². The number of amides is 1. The van der Waals surface area contributed by atoms with Crippen molar-refractivity contribution in [3.63, 3.8) is 0 Å². The average Bonchev–Trinajstić information content (AvgIpc) is 2.54. The Labute approximate surface area is 129 Å². The fourth-order valence-electron chi connectivity index (χ4n) is 2.74. The Morgan fingerprint density at radius 3 is 3.00 bits per heavy atom. The number of ether oxygens (including phenoxy) is 1. The molecule has 0 bridgehead atoms. The first-order chi connectivity index (χ1) is 10.6. The molecule has 2 aromatic rings. The third kappa shape index (κ3) is 2.82. The van der Waals surface area contributed by atoms with E-state index in [4.69, 9.17) is 4.74 Å². The van der Waals surface area contributed by atoms with Gasteiger partial charge in [-0.25, -0.2) is 0 Å². The van der Waals surface area contributed by atoms with Crippen molar-refractivity contribution >= 4 is 16.8 Å². The van der Waals surface area contributed by atoms with Crippen LogP contribution in [0.2, 0.25) is 0 Å². The van der Waals surface area contributed by atoms with E-state index in [0.29, 0.717) is 18.7 Å². The molecule has 1 fully saturated rings. The van der Waals surface area contributed by atoms with Gasteiger partial charge in [-0.05, 0) is 38.1 Å². The predicted octanol–water partition coefficient (Wildman–Crippen LogP) is 1.77. The SMILES string of the molecule is Cc1ccc2cc(C(=O)N3CC(CO)OCC3C)ccc2n1. The van der Waals surface area contributed by atoms with Crippen LogP contribution in [0.3, 0.4) is 0 Å². The van der Waals surface area contributed by atoms with E-state index < -0.39 is 0 Å². The summed E-state index contributed by atoms with van der Waals surface area (Å²) in [5.74, 6) is -0.0308. The van der Waals surface area contributed by atoms with Gasteiger partial charge in [-0.15, -0.1) is 0 Å². The van der Waals surface area contributed by atoms with Gasteiger partial charge < -0.3 is 14.7 Å². The lowest BCUT2D eigenvalue weighted by Gasteiger charge is -2.37. The predicted molar refractivity (Wildman–Crippen MR) is 83.8 cm³/mol. The Bertz CT molecular complexity index is 701. The summed E-state index contributed by atoms with van der Waals surface area (Å²) in [5, 5.41) is 10.2. The van der Waals surface area contributed by atoms with E-state index in [2.05, 4.69) is 4.98 Å². The third-order valence-electron chi connectivity index (χ3n) is 4.05. The molecule has 0 saturated carbocycles. The van der Waals surface area contributed by atoms with E-state index in [-0.39, 0.29) is 24.7 Å². The molecule has 1 amide bonds. The topological polar surface area (TPSA) is 62.7 Å². The molecule has 2 atom stereocenters. The van der Waals surface area contributed by atoms with Crippen LogP contribution in [-0.2, 0) is 4.74 Å². The Morgan fingerprint density at radius 1 is 1.41 bits per heavy atom. The van der Waals surface area contributed by atoms with Gasteiger partial charge in [-0.3, -0.25) is 9.78 Å². The van der Waals surface area contributed by atoms with Crippen LogP contribution >= 0.6 is 0 Å². The summed E-state index contributed by atoms with van der Waals surface area (Å²) < 4.78 is 5.49. The van der Waals surface area contributed by atoms with Crippen LogP contribution in [0.5, 0.6) is 0 Å². The average molecular weight is 300 g/mol. The van der Waals surface area contributed by atoms with Crippen molar-refractivity contribution in [1.29, 1.82) is 0 Å². The molecule has 22 heavy (non-hydrogen) atoms. The van der Waals surface area contributed by atoms with Crippen LogP contribution in [-0.4, -0.2) is 52.8 Å². The monoisotopic (exact) mass is 300 g/mol. The van der Waals surface area contributed by atoms with E-state index in [0.717, 1.165) is 16.6 Å². The van der Waals surface area contributed by atoms with E-state index in [1.807, 2.05) is 44.2 Å². The highest BCUT2D eigenvalue weighted by Gasteiger charge is 2.29. The maximum absolute atomic E-state index is 12.8. The minimum absolute atomic E-state index is 0.00198. The van der Waals surface area contributed by atoms with Crippen molar-refractivity contribution in [2.45, 2.75) is 26.0 Å². The Morgan fingerprint density at radius 2 is 2.23 bits per heavy atom. The zero-order valence-electron chi connectivity index (χ0n) is 12.8. The number of pyridine rings is 1. The second-order valence-corrected chi connectivity index (χ2v) is 5.80. The van der Waals surface area contributed by atoms with Crippen LogP contribution in [0.1, 0.15) is 23.0 Å². The molecule has 0 spiro atoms. The Hall–Kier alpha value is -1.98. The maximum atomic E-state index is 12.8. The lowest BCUT2D eigenvalue weighted by atomic mass is 10.1. The van der Waals surface area contributed by atoms with Crippen LogP contribution in [0.4, 0.5) is 0 Å². The zero-order chi connectivity index (χ0) is 15.7. The number of morpholine rings is 1. The summed E-state index contributed by atoms with van der Waals surface area (Å²) in [6.07, 6.45) is -0.301. The van der Waals surface area contributed by atoms with Gasteiger partial charge in [0, 0.05) is 23.2 Å². The summed E-state index contributed by atoms with van der Waals surface area (Å²) in [6.45, 7) is 4.70. The number of benzene rings is 1. The highest BCUT2D eigenvalue weighted by molar-refractivity contribution is 5.98.